The number of hydrogen-bond acceptors (Lipinski definition) is 3. The van der Waals surface area contributed by atoms with Gasteiger partial charge >= 0.3 is 0 Å². The monoisotopic (exact) mass is 338 g/mol. The molecule has 3 rings (SSSR count). The van der Waals surface area contributed by atoms with Crippen molar-refractivity contribution in [3.8, 4) is 11.5 Å². The van der Waals surface area contributed by atoms with Gasteiger partial charge in [0.2, 0.25) is 0 Å². The summed E-state index contributed by atoms with van der Waals surface area (Å²) >= 11 is 0. The maximum atomic E-state index is 11.9. The number of anilines is 1. The summed E-state index contributed by atoms with van der Waals surface area (Å²) in [6.07, 6.45) is 6.51. The Kier molecular flexibility index (Phi) is 5.59. The molecule has 25 heavy (non-hydrogen) atoms. The molecule has 4 heteroatoms. The largest absolute Gasteiger partial charge is 0.457 e. The van der Waals surface area contributed by atoms with Crippen LogP contribution in [-0.4, -0.2) is 19.0 Å². The van der Waals surface area contributed by atoms with Crippen LogP contribution < -0.4 is 15.4 Å². The molecule has 2 aromatic rings. The molecule has 0 unspecified atom stereocenters. The van der Waals surface area contributed by atoms with Gasteiger partial charge in [-0.3, -0.25) is 4.79 Å². The van der Waals surface area contributed by atoms with E-state index >= 15 is 0 Å². The van der Waals surface area contributed by atoms with Crippen LogP contribution in [0, 0.1) is 6.92 Å². The average molecular weight is 338 g/mol. The Morgan fingerprint density at radius 3 is 2.36 bits per heavy atom. The molecule has 0 aromatic heterocycles. The van der Waals surface area contributed by atoms with Gasteiger partial charge in [0.15, 0.2) is 0 Å². The van der Waals surface area contributed by atoms with E-state index in [1.807, 2.05) is 31.2 Å². The molecule has 1 saturated carbocycles. The van der Waals surface area contributed by atoms with Crippen LogP contribution in [0.2, 0.25) is 0 Å². The molecule has 0 heterocycles. The van der Waals surface area contributed by atoms with E-state index in [2.05, 4.69) is 22.8 Å². The molecule has 2 aromatic carbocycles. The van der Waals surface area contributed by atoms with Crippen LogP contribution in [0.25, 0.3) is 0 Å². The molecule has 0 saturated heterocycles. The highest BCUT2D eigenvalue weighted by molar-refractivity contribution is 5.95. The maximum absolute atomic E-state index is 11.9. The standard InChI is InChI=1S/C21H26N2O2/c1-15-8-11-19(14-20(15)21(24)22-2)25-18-12-9-17(10-13-18)23-16-6-4-3-5-7-16/h8-14,16,23H,3-7H2,1-2H3,(H,22,24). The summed E-state index contributed by atoms with van der Waals surface area (Å²) in [6, 6.07) is 14.2. The van der Waals surface area contributed by atoms with E-state index < -0.39 is 0 Å². The Balaban J connectivity index is 1.66. The van der Waals surface area contributed by atoms with Gasteiger partial charge in [-0.1, -0.05) is 25.3 Å². The zero-order valence-corrected chi connectivity index (χ0v) is 15.0. The first-order valence-corrected chi connectivity index (χ1v) is 9.03. The van der Waals surface area contributed by atoms with Crippen molar-refractivity contribution < 1.29 is 9.53 Å². The van der Waals surface area contributed by atoms with E-state index in [-0.39, 0.29) is 5.91 Å². The van der Waals surface area contributed by atoms with E-state index in [1.54, 1.807) is 13.1 Å². The smallest absolute Gasteiger partial charge is 0.251 e. The van der Waals surface area contributed by atoms with Crippen LogP contribution >= 0.6 is 0 Å². The van der Waals surface area contributed by atoms with Crippen LogP contribution in [0.3, 0.4) is 0 Å². The predicted molar refractivity (Wildman–Crippen MR) is 102 cm³/mol. The van der Waals surface area contributed by atoms with Crippen LogP contribution in [0.15, 0.2) is 42.5 Å². The summed E-state index contributed by atoms with van der Waals surface area (Å²) in [5.41, 5.74) is 2.70. The number of carbonyl (C=O) groups is 1. The summed E-state index contributed by atoms with van der Waals surface area (Å²) < 4.78 is 5.91. The number of carbonyl (C=O) groups excluding carboxylic acids is 1. The third kappa shape index (κ3) is 4.53. The van der Waals surface area contributed by atoms with Gasteiger partial charge < -0.3 is 15.4 Å². The van der Waals surface area contributed by atoms with Gasteiger partial charge in [0.1, 0.15) is 11.5 Å². The minimum Gasteiger partial charge on any atom is -0.457 e. The Bertz CT molecular complexity index is 719. The molecule has 1 amide bonds. The van der Waals surface area contributed by atoms with E-state index in [4.69, 9.17) is 4.74 Å². The van der Waals surface area contributed by atoms with Crippen molar-refractivity contribution >= 4 is 11.6 Å². The molecule has 1 aliphatic rings. The number of benzene rings is 2. The van der Waals surface area contributed by atoms with Gasteiger partial charge in [-0.2, -0.15) is 0 Å². The maximum Gasteiger partial charge on any atom is 0.251 e. The Morgan fingerprint density at radius 1 is 1.00 bits per heavy atom. The third-order valence-corrected chi connectivity index (χ3v) is 4.75. The van der Waals surface area contributed by atoms with Gasteiger partial charge in [0.05, 0.1) is 0 Å². The Labute approximate surface area is 149 Å². The van der Waals surface area contributed by atoms with Crippen molar-refractivity contribution in [3.63, 3.8) is 0 Å². The van der Waals surface area contributed by atoms with Crippen molar-refractivity contribution in [1.29, 1.82) is 0 Å². The highest BCUT2D eigenvalue weighted by atomic mass is 16.5. The van der Waals surface area contributed by atoms with E-state index in [1.165, 1.54) is 32.1 Å². The number of ether oxygens (including phenoxy) is 1. The number of hydrogen-bond donors (Lipinski definition) is 2. The number of aryl methyl sites for hydroxylation is 1. The minimum absolute atomic E-state index is 0.102. The quantitative estimate of drug-likeness (QED) is 0.816. The van der Waals surface area contributed by atoms with Crippen molar-refractivity contribution in [1.82, 2.24) is 5.32 Å². The minimum atomic E-state index is -0.102. The van der Waals surface area contributed by atoms with Crippen molar-refractivity contribution in [3.05, 3.63) is 53.6 Å². The number of amides is 1. The van der Waals surface area contributed by atoms with Crippen LogP contribution in [0.1, 0.15) is 48.0 Å². The highest BCUT2D eigenvalue weighted by Crippen LogP contribution is 2.27. The zero-order chi connectivity index (χ0) is 17.6. The SMILES string of the molecule is CNC(=O)c1cc(Oc2ccc(NC3CCCCC3)cc2)ccc1C. The predicted octanol–water partition coefficient (Wildman–Crippen LogP) is 4.89. The lowest BCUT2D eigenvalue weighted by atomic mass is 9.95. The van der Waals surface area contributed by atoms with Crippen LogP contribution in [-0.2, 0) is 0 Å². The molecule has 0 radical (unpaired) electrons. The first-order valence-electron chi connectivity index (χ1n) is 9.03. The molecule has 1 aliphatic carbocycles. The van der Waals surface area contributed by atoms with Gasteiger partial charge in [0.25, 0.3) is 5.91 Å². The summed E-state index contributed by atoms with van der Waals surface area (Å²) in [5, 5.41) is 6.26. The molecule has 1 fully saturated rings. The average Bonchev–Trinajstić information content (AvgIpc) is 2.65. The van der Waals surface area contributed by atoms with Gasteiger partial charge in [-0.05, 0) is 61.7 Å². The normalized spacial score (nSPS) is 14.8. The van der Waals surface area contributed by atoms with Gasteiger partial charge in [-0.15, -0.1) is 0 Å². The molecule has 0 aliphatic heterocycles. The van der Waals surface area contributed by atoms with Crippen molar-refractivity contribution in [2.75, 3.05) is 12.4 Å². The molecule has 0 bridgehead atoms. The van der Waals surface area contributed by atoms with Crippen LogP contribution in [0.4, 0.5) is 5.69 Å². The molecule has 0 atom stereocenters. The lowest BCUT2D eigenvalue weighted by Crippen LogP contribution is -2.22. The first kappa shape index (κ1) is 17.3. The van der Waals surface area contributed by atoms with Crippen LogP contribution in [0.5, 0.6) is 11.5 Å². The summed E-state index contributed by atoms with van der Waals surface area (Å²) in [7, 11) is 1.63. The van der Waals surface area contributed by atoms with Crippen molar-refractivity contribution in [2.24, 2.45) is 0 Å². The summed E-state index contributed by atoms with van der Waals surface area (Å²) in [4.78, 5) is 11.9. The second kappa shape index (κ2) is 8.06. The molecular weight excluding hydrogens is 312 g/mol. The second-order valence-electron chi connectivity index (χ2n) is 6.66. The molecular formula is C21H26N2O2. The molecule has 2 N–H and O–H groups in total. The third-order valence-electron chi connectivity index (χ3n) is 4.75. The Morgan fingerprint density at radius 2 is 1.68 bits per heavy atom. The fourth-order valence-corrected chi connectivity index (χ4v) is 3.28. The topological polar surface area (TPSA) is 50.4 Å². The second-order valence-corrected chi connectivity index (χ2v) is 6.66. The molecule has 132 valence electrons. The first-order chi connectivity index (χ1) is 12.2. The van der Waals surface area contributed by atoms with E-state index in [9.17, 15) is 4.79 Å². The van der Waals surface area contributed by atoms with Gasteiger partial charge in [0, 0.05) is 24.3 Å². The fourth-order valence-electron chi connectivity index (χ4n) is 3.28. The molecule has 0 spiro atoms. The van der Waals surface area contributed by atoms with Crippen molar-refractivity contribution in [2.45, 2.75) is 45.1 Å². The Hall–Kier alpha value is -2.49. The zero-order valence-electron chi connectivity index (χ0n) is 15.0. The lowest BCUT2D eigenvalue weighted by Gasteiger charge is -2.23. The summed E-state index contributed by atoms with van der Waals surface area (Å²) in [6.45, 7) is 1.92. The number of nitrogens with one attached hydrogen (secondary N) is 2. The number of rotatable bonds is 5. The highest BCUT2D eigenvalue weighted by Gasteiger charge is 2.13. The lowest BCUT2D eigenvalue weighted by molar-refractivity contribution is 0.0962. The summed E-state index contributed by atoms with van der Waals surface area (Å²) in [5.74, 6) is 1.33. The molecule has 4 nitrogen and oxygen atoms in total. The van der Waals surface area contributed by atoms with E-state index in [0.29, 0.717) is 17.4 Å². The van der Waals surface area contributed by atoms with E-state index in [0.717, 1.165) is 17.0 Å². The fraction of sp³-hybridized carbons (Fsp3) is 0.381. The van der Waals surface area contributed by atoms with Gasteiger partial charge in [-0.25, -0.2) is 0 Å².